The van der Waals surface area contributed by atoms with E-state index in [2.05, 4.69) is 10.6 Å². The molecular weight excluding hydrogens is 281 g/mol. The molecule has 0 heterocycles. The van der Waals surface area contributed by atoms with E-state index < -0.39 is 30.4 Å². The molecule has 0 bridgehead atoms. The van der Waals surface area contributed by atoms with Gasteiger partial charge in [-0.1, -0.05) is 12.1 Å². The third-order valence-corrected chi connectivity index (χ3v) is 2.60. The summed E-state index contributed by atoms with van der Waals surface area (Å²) in [4.78, 5) is 33.0. The summed E-state index contributed by atoms with van der Waals surface area (Å²) in [5, 5.41) is 13.4. The molecule has 8 heteroatoms. The zero-order chi connectivity index (χ0) is 15.8. The Morgan fingerprint density at radius 1 is 1.33 bits per heavy atom. The lowest BCUT2D eigenvalue weighted by Gasteiger charge is -2.13. The Morgan fingerprint density at radius 3 is 2.62 bits per heavy atom. The molecule has 0 saturated carbocycles. The predicted molar refractivity (Wildman–Crippen MR) is 71.9 cm³/mol. The number of carboxylic acids is 1. The van der Waals surface area contributed by atoms with Crippen LogP contribution in [0.1, 0.15) is 12.0 Å². The summed E-state index contributed by atoms with van der Waals surface area (Å²) in [7, 11) is 0. The number of carbonyl (C=O) groups excluding carboxylic acids is 2. The molecule has 21 heavy (non-hydrogen) atoms. The van der Waals surface area contributed by atoms with Crippen LogP contribution in [-0.2, 0) is 16.0 Å². The minimum absolute atomic E-state index is 0.193. The molecule has 1 aromatic rings. The van der Waals surface area contributed by atoms with Gasteiger partial charge in [0.05, 0.1) is 6.42 Å². The lowest BCUT2D eigenvalue weighted by atomic mass is 10.1. The Morgan fingerprint density at radius 2 is 2.05 bits per heavy atom. The maximum atomic E-state index is 12.9. The van der Waals surface area contributed by atoms with Crippen molar-refractivity contribution >= 4 is 17.9 Å². The van der Waals surface area contributed by atoms with E-state index in [9.17, 15) is 18.8 Å². The highest BCUT2D eigenvalue weighted by atomic mass is 19.1. The fourth-order valence-corrected chi connectivity index (χ4v) is 1.62. The number of nitrogens with two attached hydrogens (primary N) is 1. The maximum absolute atomic E-state index is 12.9. The second-order valence-corrected chi connectivity index (χ2v) is 4.34. The molecule has 0 aliphatic heterocycles. The first kappa shape index (κ1) is 16.4. The number of rotatable bonds is 7. The van der Waals surface area contributed by atoms with Gasteiger partial charge < -0.3 is 21.5 Å². The Kier molecular flexibility index (Phi) is 6.12. The predicted octanol–water partition coefficient (Wildman–Crippen LogP) is -0.00400. The number of amides is 3. The fraction of sp³-hybridized carbons (Fsp3) is 0.308. The standard InChI is InChI=1S/C13H16FN3O4/c14-9-3-1-2-8(6-9)4-5-16-13(21)17-10(12(19)20)7-11(15)18/h1-3,6,10H,4-5,7H2,(H2,15,18)(H,19,20)(H2,16,17,21). The number of aliphatic carboxylic acids is 1. The summed E-state index contributed by atoms with van der Waals surface area (Å²) >= 11 is 0. The van der Waals surface area contributed by atoms with Crippen LogP contribution in [0.5, 0.6) is 0 Å². The second kappa shape index (κ2) is 7.83. The molecule has 0 spiro atoms. The van der Waals surface area contributed by atoms with E-state index in [-0.39, 0.29) is 12.4 Å². The van der Waals surface area contributed by atoms with Gasteiger partial charge in [0.15, 0.2) is 0 Å². The van der Waals surface area contributed by atoms with Gasteiger partial charge in [-0.25, -0.2) is 14.0 Å². The number of hydrogen-bond acceptors (Lipinski definition) is 3. The summed E-state index contributed by atoms with van der Waals surface area (Å²) in [5.74, 6) is -2.55. The van der Waals surface area contributed by atoms with Gasteiger partial charge in [-0.2, -0.15) is 0 Å². The molecule has 3 amide bonds. The maximum Gasteiger partial charge on any atom is 0.326 e. The van der Waals surface area contributed by atoms with Gasteiger partial charge in [0.2, 0.25) is 5.91 Å². The number of nitrogens with one attached hydrogen (secondary N) is 2. The van der Waals surface area contributed by atoms with Crippen molar-refractivity contribution in [1.29, 1.82) is 0 Å². The molecule has 0 aliphatic carbocycles. The number of primary amides is 1. The minimum Gasteiger partial charge on any atom is -0.480 e. The van der Waals surface area contributed by atoms with E-state index in [4.69, 9.17) is 10.8 Å². The summed E-state index contributed by atoms with van der Waals surface area (Å²) in [5.41, 5.74) is 5.58. The molecule has 5 N–H and O–H groups in total. The highest BCUT2D eigenvalue weighted by molar-refractivity contribution is 5.87. The van der Waals surface area contributed by atoms with E-state index in [0.29, 0.717) is 12.0 Å². The Bertz CT molecular complexity index is 536. The van der Waals surface area contributed by atoms with Gasteiger partial charge in [-0.3, -0.25) is 4.79 Å². The largest absolute Gasteiger partial charge is 0.480 e. The van der Waals surface area contributed by atoms with E-state index in [1.807, 2.05) is 0 Å². The zero-order valence-corrected chi connectivity index (χ0v) is 11.1. The van der Waals surface area contributed by atoms with Crippen molar-refractivity contribution < 1.29 is 23.9 Å². The Hall–Kier alpha value is -2.64. The summed E-state index contributed by atoms with van der Waals surface area (Å²) in [6.45, 7) is 0.193. The van der Waals surface area contributed by atoms with Crippen molar-refractivity contribution in [2.45, 2.75) is 18.9 Å². The summed E-state index contributed by atoms with van der Waals surface area (Å²) < 4.78 is 12.9. The number of halogens is 1. The van der Waals surface area contributed by atoms with E-state index in [0.717, 1.165) is 0 Å². The third-order valence-electron chi connectivity index (χ3n) is 2.60. The summed E-state index contributed by atoms with van der Waals surface area (Å²) in [6.07, 6.45) is -0.106. The first-order valence-corrected chi connectivity index (χ1v) is 6.18. The van der Waals surface area contributed by atoms with Crippen LogP contribution in [0.4, 0.5) is 9.18 Å². The average molecular weight is 297 g/mol. The lowest BCUT2D eigenvalue weighted by Crippen LogP contribution is -2.48. The fourth-order valence-electron chi connectivity index (χ4n) is 1.62. The minimum atomic E-state index is -1.38. The van der Waals surface area contributed by atoms with E-state index in [1.54, 1.807) is 12.1 Å². The third kappa shape index (κ3) is 6.37. The number of carbonyl (C=O) groups is 3. The second-order valence-electron chi connectivity index (χ2n) is 4.34. The monoisotopic (exact) mass is 297 g/mol. The highest BCUT2D eigenvalue weighted by Crippen LogP contribution is 2.03. The van der Waals surface area contributed by atoms with Crippen molar-refractivity contribution in [1.82, 2.24) is 10.6 Å². The molecule has 7 nitrogen and oxygen atoms in total. The quantitative estimate of drug-likeness (QED) is 0.565. The number of hydrogen-bond donors (Lipinski definition) is 4. The first-order valence-electron chi connectivity index (χ1n) is 6.18. The van der Waals surface area contributed by atoms with Gasteiger partial charge in [-0.05, 0) is 24.1 Å². The molecule has 114 valence electrons. The molecule has 0 aromatic heterocycles. The first-order chi connectivity index (χ1) is 9.88. The number of carboxylic acid groups (broad SMARTS) is 1. The molecule has 1 rings (SSSR count). The van der Waals surface area contributed by atoms with Gasteiger partial charge in [0, 0.05) is 6.54 Å². The van der Waals surface area contributed by atoms with Gasteiger partial charge in [0.1, 0.15) is 11.9 Å². The van der Waals surface area contributed by atoms with E-state index in [1.165, 1.54) is 12.1 Å². The van der Waals surface area contributed by atoms with Crippen molar-refractivity contribution in [3.63, 3.8) is 0 Å². The number of urea groups is 1. The smallest absolute Gasteiger partial charge is 0.326 e. The molecule has 1 atom stereocenters. The van der Waals surface area contributed by atoms with Crippen LogP contribution >= 0.6 is 0 Å². The van der Waals surface area contributed by atoms with Crippen LogP contribution < -0.4 is 16.4 Å². The topological polar surface area (TPSA) is 122 Å². The molecular formula is C13H16FN3O4. The van der Waals surface area contributed by atoms with E-state index >= 15 is 0 Å². The average Bonchev–Trinajstić information content (AvgIpc) is 2.37. The van der Waals surface area contributed by atoms with Crippen LogP contribution in [0.2, 0.25) is 0 Å². The molecule has 0 saturated heterocycles. The van der Waals surface area contributed by atoms with Gasteiger partial charge in [0.25, 0.3) is 0 Å². The van der Waals surface area contributed by atoms with Gasteiger partial charge in [-0.15, -0.1) is 0 Å². The van der Waals surface area contributed by atoms with Crippen LogP contribution in [0.15, 0.2) is 24.3 Å². The molecule has 0 fully saturated rings. The molecule has 1 unspecified atom stereocenters. The van der Waals surface area contributed by atoms with Crippen molar-refractivity contribution in [3.8, 4) is 0 Å². The normalized spacial score (nSPS) is 11.5. The van der Waals surface area contributed by atoms with Crippen molar-refractivity contribution in [2.24, 2.45) is 5.73 Å². The van der Waals surface area contributed by atoms with Crippen LogP contribution in [0.25, 0.3) is 0 Å². The summed E-state index contributed by atoms with van der Waals surface area (Å²) in [6, 6.07) is 3.79. The molecule has 0 radical (unpaired) electrons. The highest BCUT2D eigenvalue weighted by Gasteiger charge is 2.21. The Labute approximate surface area is 120 Å². The SMILES string of the molecule is NC(=O)CC(NC(=O)NCCc1cccc(F)c1)C(=O)O. The van der Waals surface area contributed by atoms with Crippen molar-refractivity contribution in [3.05, 3.63) is 35.6 Å². The van der Waals surface area contributed by atoms with Gasteiger partial charge >= 0.3 is 12.0 Å². The lowest BCUT2D eigenvalue weighted by molar-refractivity contribution is -0.140. The molecule has 1 aromatic carbocycles. The van der Waals surface area contributed by atoms with Crippen molar-refractivity contribution in [2.75, 3.05) is 6.54 Å². The Balaban J connectivity index is 2.39. The number of benzene rings is 1. The zero-order valence-electron chi connectivity index (χ0n) is 11.1. The molecule has 0 aliphatic rings. The van der Waals surface area contributed by atoms with Crippen LogP contribution in [-0.4, -0.2) is 35.6 Å². The van der Waals surface area contributed by atoms with Crippen LogP contribution in [0.3, 0.4) is 0 Å². The van der Waals surface area contributed by atoms with Crippen LogP contribution in [0, 0.1) is 5.82 Å².